The van der Waals surface area contributed by atoms with E-state index in [4.69, 9.17) is 0 Å². The Balaban J connectivity index is 2.79. The first-order valence-corrected chi connectivity index (χ1v) is 6.42. The van der Waals surface area contributed by atoms with Gasteiger partial charge in [0, 0.05) is 18.8 Å². The summed E-state index contributed by atoms with van der Waals surface area (Å²) in [5.41, 5.74) is 0.545. The van der Waals surface area contributed by atoms with Gasteiger partial charge in [-0.2, -0.15) is 0 Å². The number of carbonyl (C=O) groups is 1. The zero-order valence-electron chi connectivity index (χ0n) is 11.0. The lowest BCUT2D eigenvalue weighted by Crippen LogP contribution is -2.39. The van der Waals surface area contributed by atoms with Gasteiger partial charge in [-0.1, -0.05) is 26.3 Å². The molecule has 94 valence electrons. The van der Waals surface area contributed by atoms with Crippen LogP contribution in [0.5, 0.6) is 0 Å². The molecule has 0 saturated carbocycles. The third-order valence-electron chi connectivity index (χ3n) is 3.02. The molecule has 3 nitrogen and oxygen atoms in total. The fourth-order valence-corrected chi connectivity index (χ4v) is 1.71. The second-order valence-corrected chi connectivity index (χ2v) is 4.32. The van der Waals surface area contributed by atoms with Crippen LogP contribution >= 0.6 is 0 Å². The number of pyridine rings is 1. The first-order chi connectivity index (χ1) is 8.20. The summed E-state index contributed by atoms with van der Waals surface area (Å²) < 4.78 is 0. The Morgan fingerprint density at radius 3 is 2.71 bits per heavy atom. The van der Waals surface area contributed by atoms with Crippen molar-refractivity contribution in [3.05, 3.63) is 30.1 Å². The fraction of sp³-hybridized carbons (Fsp3) is 0.571. The summed E-state index contributed by atoms with van der Waals surface area (Å²) in [7, 11) is 0. The van der Waals surface area contributed by atoms with E-state index in [9.17, 15) is 4.79 Å². The molecule has 0 saturated heterocycles. The molecule has 0 aromatic carbocycles. The highest BCUT2D eigenvalue weighted by Crippen LogP contribution is 2.10. The van der Waals surface area contributed by atoms with Gasteiger partial charge in [0.2, 0.25) is 0 Å². The first kappa shape index (κ1) is 13.7. The highest BCUT2D eigenvalue weighted by Gasteiger charge is 2.20. The molecule has 0 aliphatic heterocycles. The van der Waals surface area contributed by atoms with E-state index in [0.29, 0.717) is 5.69 Å². The number of hydrogen-bond acceptors (Lipinski definition) is 2. The maximum absolute atomic E-state index is 12.3. The quantitative estimate of drug-likeness (QED) is 0.757. The van der Waals surface area contributed by atoms with Gasteiger partial charge in [0.25, 0.3) is 5.91 Å². The van der Waals surface area contributed by atoms with Gasteiger partial charge in [-0.05, 0) is 31.9 Å². The summed E-state index contributed by atoms with van der Waals surface area (Å²) in [4.78, 5) is 18.4. The molecule has 3 heteroatoms. The molecule has 1 unspecified atom stereocenters. The van der Waals surface area contributed by atoms with Gasteiger partial charge in [-0.3, -0.25) is 9.78 Å². The second-order valence-electron chi connectivity index (χ2n) is 4.32. The Morgan fingerprint density at radius 1 is 1.41 bits per heavy atom. The van der Waals surface area contributed by atoms with Crippen molar-refractivity contribution in [1.29, 1.82) is 0 Å². The van der Waals surface area contributed by atoms with Crippen molar-refractivity contribution in [3.63, 3.8) is 0 Å². The van der Waals surface area contributed by atoms with Gasteiger partial charge in [-0.15, -0.1) is 0 Å². The van der Waals surface area contributed by atoms with E-state index in [2.05, 4.69) is 25.8 Å². The molecule has 1 atom stereocenters. The van der Waals surface area contributed by atoms with Gasteiger partial charge >= 0.3 is 0 Å². The minimum Gasteiger partial charge on any atom is -0.335 e. The number of unbranched alkanes of at least 4 members (excludes halogenated alkanes) is 1. The lowest BCUT2D eigenvalue weighted by atomic mass is 10.1. The Bertz CT molecular complexity index is 337. The van der Waals surface area contributed by atoms with E-state index in [-0.39, 0.29) is 11.9 Å². The summed E-state index contributed by atoms with van der Waals surface area (Å²) in [5.74, 6) is 0.0494. The van der Waals surface area contributed by atoms with E-state index < -0.39 is 0 Å². The van der Waals surface area contributed by atoms with Crippen LogP contribution in [0.1, 0.15) is 50.5 Å². The monoisotopic (exact) mass is 234 g/mol. The molecule has 0 bridgehead atoms. The van der Waals surface area contributed by atoms with Gasteiger partial charge in [-0.25, -0.2) is 0 Å². The lowest BCUT2D eigenvalue weighted by molar-refractivity contribution is 0.0679. The second kappa shape index (κ2) is 7.05. The molecular weight excluding hydrogens is 212 g/mol. The van der Waals surface area contributed by atoms with E-state index in [1.165, 1.54) is 0 Å². The molecule has 1 aromatic heterocycles. The molecule has 0 spiro atoms. The van der Waals surface area contributed by atoms with Crippen molar-refractivity contribution in [2.45, 2.75) is 46.1 Å². The predicted octanol–water partition coefficient (Wildman–Crippen LogP) is 3.12. The predicted molar refractivity (Wildman–Crippen MR) is 69.9 cm³/mol. The number of aromatic nitrogens is 1. The van der Waals surface area contributed by atoms with Crippen LogP contribution < -0.4 is 0 Å². The summed E-state index contributed by atoms with van der Waals surface area (Å²) >= 11 is 0. The van der Waals surface area contributed by atoms with Crippen molar-refractivity contribution in [2.24, 2.45) is 0 Å². The number of nitrogens with zero attached hydrogens (tertiary/aromatic N) is 2. The Morgan fingerprint density at radius 2 is 2.18 bits per heavy atom. The van der Waals surface area contributed by atoms with E-state index in [0.717, 1.165) is 25.8 Å². The van der Waals surface area contributed by atoms with Gasteiger partial charge in [0.05, 0.1) is 0 Å². The van der Waals surface area contributed by atoms with Crippen LogP contribution in [-0.2, 0) is 0 Å². The zero-order chi connectivity index (χ0) is 12.7. The zero-order valence-corrected chi connectivity index (χ0v) is 11.0. The minimum absolute atomic E-state index is 0.0494. The molecular formula is C14H22N2O. The number of carbonyl (C=O) groups excluding carboxylic acids is 1. The summed E-state index contributed by atoms with van der Waals surface area (Å²) in [5, 5.41) is 0. The standard InChI is InChI=1S/C14H22N2O/c1-4-6-11-16(12(3)5-2)14(17)13-9-7-8-10-15-13/h7-10,12H,4-6,11H2,1-3H3. The van der Waals surface area contributed by atoms with Crippen LogP contribution in [0.25, 0.3) is 0 Å². The summed E-state index contributed by atoms with van der Waals surface area (Å²) in [6.07, 6.45) is 4.79. The molecule has 1 heterocycles. The van der Waals surface area contributed by atoms with Crippen LogP contribution in [0.4, 0.5) is 0 Å². The Kier molecular flexibility index (Phi) is 5.67. The van der Waals surface area contributed by atoms with Crippen molar-refractivity contribution in [3.8, 4) is 0 Å². The van der Waals surface area contributed by atoms with Crippen molar-refractivity contribution < 1.29 is 4.79 Å². The largest absolute Gasteiger partial charge is 0.335 e. The van der Waals surface area contributed by atoms with E-state index in [1.807, 2.05) is 17.0 Å². The lowest BCUT2D eigenvalue weighted by Gasteiger charge is -2.28. The molecule has 0 N–H and O–H groups in total. The van der Waals surface area contributed by atoms with Gasteiger partial charge in [0.1, 0.15) is 5.69 Å². The average Bonchev–Trinajstić information content (AvgIpc) is 2.39. The molecule has 17 heavy (non-hydrogen) atoms. The van der Waals surface area contributed by atoms with Crippen LogP contribution in [-0.4, -0.2) is 28.4 Å². The molecule has 0 fully saturated rings. The van der Waals surface area contributed by atoms with Crippen molar-refractivity contribution in [2.75, 3.05) is 6.54 Å². The van der Waals surface area contributed by atoms with Crippen LogP contribution in [0.3, 0.4) is 0 Å². The Labute approximate surface area is 104 Å². The van der Waals surface area contributed by atoms with E-state index >= 15 is 0 Å². The van der Waals surface area contributed by atoms with Crippen molar-refractivity contribution >= 4 is 5.91 Å². The van der Waals surface area contributed by atoms with Gasteiger partial charge in [0.15, 0.2) is 0 Å². The molecule has 0 aliphatic rings. The van der Waals surface area contributed by atoms with Crippen molar-refractivity contribution in [1.82, 2.24) is 9.88 Å². The fourth-order valence-electron chi connectivity index (χ4n) is 1.71. The molecule has 0 radical (unpaired) electrons. The number of hydrogen-bond donors (Lipinski definition) is 0. The maximum Gasteiger partial charge on any atom is 0.272 e. The topological polar surface area (TPSA) is 33.2 Å². The highest BCUT2D eigenvalue weighted by atomic mass is 16.2. The summed E-state index contributed by atoms with van der Waals surface area (Å²) in [6, 6.07) is 5.74. The first-order valence-electron chi connectivity index (χ1n) is 6.42. The normalized spacial score (nSPS) is 12.2. The third kappa shape index (κ3) is 3.84. The molecule has 1 amide bonds. The van der Waals surface area contributed by atoms with Gasteiger partial charge < -0.3 is 4.90 Å². The molecule has 0 aliphatic carbocycles. The number of rotatable bonds is 6. The SMILES string of the molecule is CCCCN(C(=O)c1ccccn1)C(C)CC. The maximum atomic E-state index is 12.3. The van der Waals surface area contributed by atoms with Crippen LogP contribution in [0, 0.1) is 0 Å². The smallest absolute Gasteiger partial charge is 0.272 e. The minimum atomic E-state index is 0.0494. The molecule has 1 aromatic rings. The number of amides is 1. The van der Waals surface area contributed by atoms with Crippen LogP contribution in [0.15, 0.2) is 24.4 Å². The molecule has 1 rings (SSSR count). The third-order valence-corrected chi connectivity index (χ3v) is 3.02. The Hall–Kier alpha value is -1.38. The van der Waals surface area contributed by atoms with Crippen LogP contribution in [0.2, 0.25) is 0 Å². The average molecular weight is 234 g/mol. The summed E-state index contributed by atoms with van der Waals surface area (Å²) in [6.45, 7) is 7.16. The van der Waals surface area contributed by atoms with E-state index in [1.54, 1.807) is 12.3 Å². The highest BCUT2D eigenvalue weighted by molar-refractivity contribution is 5.92.